The number of hydrogen-bond acceptors (Lipinski definition) is 6. The van der Waals surface area contributed by atoms with Gasteiger partial charge in [0.25, 0.3) is 17.4 Å². The van der Waals surface area contributed by atoms with Gasteiger partial charge in [0.05, 0.1) is 11.4 Å². The zero-order chi connectivity index (χ0) is 25.8. The topological polar surface area (TPSA) is 142 Å². The molecule has 2 aromatic carbocycles. The van der Waals surface area contributed by atoms with E-state index in [1.54, 1.807) is 67.6 Å². The van der Waals surface area contributed by atoms with Gasteiger partial charge in [-0.25, -0.2) is 19.1 Å². The third-order valence-corrected chi connectivity index (χ3v) is 5.27. The summed E-state index contributed by atoms with van der Waals surface area (Å²) in [4.78, 5) is 65.6. The van der Waals surface area contributed by atoms with Gasteiger partial charge in [0.2, 0.25) is 5.88 Å². The first kappa shape index (κ1) is 23.9. The number of hydrogen-bond donors (Lipinski definition) is 3. The molecule has 0 atom stereocenters. The summed E-state index contributed by atoms with van der Waals surface area (Å²) in [6, 6.07) is 15.5. The maximum atomic E-state index is 12.9. The van der Waals surface area contributed by atoms with Gasteiger partial charge in [0.1, 0.15) is 11.1 Å². The van der Waals surface area contributed by atoms with Gasteiger partial charge in [-0.1, -0.05) is 54.1 Å². The Hall–Kier alpha value is -5.25. The molecule has 1 fully saturated rings. The molecule has 36 heavy (non-hydrogen) atoms. The van der Waals surface area contributed by atoms with Crippen molar-refractivity contribution in [1.29, 1.82) is 0 Å². The number of aromatic nitrogens is 2. The minimum absolute atomic E-state index is 0.161. The third-order valence-electron chi connectivity index (χ3n) is 5.27. The molecule has 0 unspecified atom stereocenters. The largest absolute Gasteiger partial charge is 0.494 e. The molecule has 4 rings (SSSR count). The predicted octanol–water partition coefficient (Wildman–Crippen LogP) is 2.40. The molecule has 1 aliphatic heterocycles. The average molecular weight is 484 g/mol. The first-order valence-corrected chi connectivity index (χ1v) is 10.7. The molecular formula is C26H20N4O6. The summed E-state index contributed by atoms with van der Waals surface area (Å²) in [5.41, 5.74) is -0.809. The van der Waals surface area contributed by atoms with Gasteiger partial charge in [-0.05, 0) is 43.3 Å². The molecule has 1 saturated heterocycles. The van der Waals surface area contributed by atoms with Crippen molar-refractivity contribution in [2.24, 2.45) is 0 Å². The lowest BCUT2D eigenvalue weighted by molar-refractivity contribution is -0.122. The summed E-state index contributed by atoms with van der Waals surface area (Å²) in [5.74, 6) is -2.22. The zero-order valence-electron chi connectivity index (χ0n) is 19.0. The molecule has 10 heteroatoms. The van der Waals surface area contributed by atoms with Crippen molar-refractivity contribution in [1.82, 2.24) is 14.9 Å². The summed E-state index contributed by atoms with van der Waals surface area (Å²) < 4.78 is 0.890. The molecule has 180 valence electrons. The monoisotopic (exact) mass is 484 g/mol. The number of nitrogens with one attached hydrogen (secondary N) is 2. The molecule has 0 bridgehead atoms. The van der Waals surface area contributed by atoms with Crippen LogP contribution in [0.15, 0.2) is 99.6 Å². The van der Waals surface area contributed by atoms with E-state index in [1.807, 2.05) is 0 Å². The number of barbiturate groups is 1. The van der Waals surface area contributed by atoms with Crippen molar-refractivity contribution < 1.29 is 19.5 Å². The maximum Gasteiger partial charge on any atom is 0.335 e. The quantitative estimate of drug-likeness (QED) is 0.288. The molecule has 0 spiro atoms. The van der Waals surface area contributed by atoms with Crippen LogP contribution in [-0.2, 0) is 9.59 Å². The minimum Gasteiger partial charge on any atom is -0.494 e. The number of H-pyrrole nitrogens is 1. The van der Waals surface area contributed by atoms with Crippen molar-refractivity contribution in [3.8, 4) is 11.6 Å². The summed E-state index contributed by atoms with van der Waals surface area (Å²) in [6.45, 7) is 1.64. The summed E-state index contributed by atoms with van der Waals surface area (Å²) in [5, 5.41) is 12.3. The number of carbonyl (C=O) groups excluding carboxylic acids is 3. The number of imide groups is 2. The third kappa shape index (κ3) is 4.68. The lowest BCUT2D eigenvalue weighted by atomic mass is 10.1. The van der Waals surface area contributed by atoms with Crippen molar-refractivity contribution in [3.63, 3.8) is 0 Å². The van der Waals surface area contributed by atoms with Crippen LogP contribution in [0.4, 0.5) is 10.5 Å². The second-order valence-corrected chi connectivity index (χ2v) is 7.73. The fraction of sp³-hybridized carbons (Fsp3) is 0.0385. The first-order valence-electron chi connectivity index (χ1n) is 10.7. The highest BCUT2D eigenvalue weighted by Crippen LogP contribution is 2.20. The normalized spacial score (nSPS) is 15.6. The smallest absolute Gasteiger partial charge is 0.335 e. The number of benzene rings is 2. The number of allylic oxidation sites excluding steroid dienone is 4. The maximum absolute atomic E-state index is 12.9. The number of aromatic hydroxyl groups is 1. The van der Waals surface area contributed by atoms with E-state index >= 15 is 0 Å². The molecule has 10 nitrogen and oxygen atoms in total. The number of anilines is 1. The van der Waals surface area contributed by atoms with Gasteiger partial charge in [0, 0.05) is 0 Å². The Labute approximate surface area is 204 Å². The van der Waals surface area contributed by atoms with E-state index in [9.17, 15) is 29.1 Å². The molecular weight excluding hydrogens is 464 g/mol. The van der Waals surface area contributed by atoms with Crippen LogP contribution in [0.1, 0.15) is 12.5 Å². The molecule has 0 radical (unpaired) electrons. The number of para-hydroxylation sites is 2. The van der Waals surface area contributed by atoms with E-state index in [-0.39, 0.29) is 11.1 Å². The molecule has 3 N–H and O–H groups in total. The summed E-state index contributed by atoms with van der Waals surface area (Å²) >= 11 is 0. The van der Waals surface area contributed by atoms with Crippen LogP contribution in [-0.4, -0.2) is 32.5 Å². The van der Waals surface area contributed by atoms with E-state index in [1.165, 1.54) is 24.3 Å². The van der Waals surface area contributed by atoms with Crippen LogP contribution in [0, 0.1) is 0 Å². The van der Waals surface area contributed by atoms with Crippen LogP contribution in [0.3, 0.4) is 0 Å². The minimum atomic E-state index is -0.850. The fourth-order valence-electron chi connectivity index (χ4n) is 3.47. The van der Waals surface area contributed by atoms with Crippen molar-refractivity contribution in [3.05, 3.63) is 116 Å². The Morgan fingerprint density at radius 2 is 1.50 bits per heavy atom. The predicted molar refractivity (Wildman–Crippen MR) is 133 cm³/mol. The Kier molecular flexibility index (Phi) is 6.59. The second kappa shape index (κ2) is 9.94. The first-order chi connectivity index (χ1) is 17.3. The van der Waals surface area contributed by atoms with Gasteiger partial charge >= 0.3 is 11.7 Å². The van der Waals surface area contributed by atoms with E-state index in [0.717, 1.165) is 9.47 Å². The fourth-order valence-corrected chi connectivity index (χ4v) is 3.47. The Morgan fingerprint density at radius 3 is 2.14 bits per heavy atom. The van der Waals surface area contributed by atoms with Crippen molar-refractivity contribution in [2.75, 3.05) is 4.90 Å². The number of amides is 4. The second-order valence-electron chi connectivity index (χ2n) is 7.73. The number of urea groups is 1. The molecule has 0 aliphatic carbocycles. The molecule has 4 amide bonds. The number of aromatic amines is 1. The Bertz CT molecular complexity index is 1560. The number of nitrogens with zero attached hydrogens (tertiary/aromatic N) is 2. The molecule has 3 aromatic rings. The van der Waals surface area contributed by atoms with Gasteiger partial charge in [-0.15, -0.1) is 0 Å². The van der Waals surface area contributed by atoms with Crippen LogP contribution in [0.25, 0.3) is 11.8 Å². The molecule has 1 aliphatic rings. The lowest BCUT2D eigenvalue weighted by Crippen LogP contribution is -2.54. The highest BCUT2D eigenvalue weighted by molar-refractivity contribution is 6.37. The Balaban J connectivity index is 1.64. The summed E-state index contributed by atoms with van der Waals surface area (Å²) in [6.07, 6.45) is 5.47. The lowest BCUT2D eigenvalue weighted by Gasteiger charge is -2.26. The van der Waals surface area contributed by atoms with Gasteiger partial charge in [-0.3, -0.25) is 24.7 Å². The highest BCUT2D eigenvalue weighted by atomic mass is 16.3. The summed E-state index contributed by atoms with van der Waals surface area (Å²) in [7, 11) is 0. The van der Waals surface area contributed by atoms with Crippen LogP contribution >= 0.6 is 0 Å². The number of carbonyl (C=O) groups is 3. The molecule has 2 heterocycles. The average Bonchev–Trinajstić information content (AvgIpc) is 2.84. The van der Waals surface area contributed by atoms with Crippen molar-refractivity contribution >= 4 is 29.6 Å². The van der Waals surface area contributed by atoms with Crippen molar-refractivity contribution in [2.45, 2.75) is 6.92 Å². The Morgan fingerprint density at radius 1 is 0.889 bits per heavy atom. The van der Waals surface area contributed by atoms with E-state index in [2.05, 4.69) is 10.3 Å². The SMILES string of the molecule is CC(/C=C/c1c(O)[nH]c(=O)n(-c2ccccc2)c1=O)=C\C=C1\C(=O)NC(=O)N(c2ccccc2)C1=O. The highest BCUT2D eigenvalue weighted by Gasteiger charge is 2.36. The standard InChI is InChI=1S/C26H20N4O6/c1-16(12-14-19-21(31)27-25(35)29(23(19)33)17-8-4-2-5-9-17)13-15-20-22(32)28-26(36)30(24(20)34)18-10-6-3-7-11-18/h2-15,31H,1H3,(H,27,35)(H,28,32,36)/b14-12+,16-13+,20-15-. The van der Waals surface area contributed by atoms with Crippen LogP contribution in [0.5, 0.6) is 5.88 Å². The van der Waals surface area contributed by atoms with Gasteiger partial charge in [-0.2, -0.15) is 0 Å². The van der Waals surface area contributed by atoms with E-state index in [4.69, 9.17) is 0 Å². The van der Waals surface area contributed by atoms with E-state index in [0.29, 0.717) is 16.9 Å². The van der Waals surface area contributed by atoms with E-state index < -0.39 is 35.0 Å². The van der Waals surface area contributed by atoms with Crippen LogP contribution in [0.2, 0.25) is 0 Å². The zero-order valence-corrected chi connectivity index (χ0v) is 19.0. The van der Waals surface area contributed by atoms with Gasteiger partial charge < -0.3 is 5.11 Å². The van der Waals surface area contributed by atoms with Gasteiger partial charge in [0.15, 0.2) is 0 Å². The number of rotatable bonds is 5. The molecule has 1 aromatic heterocycles. The molecule has 0 saturated carbocycles. The van der Waals surface area contributed by atoms with Crippen LogP contribution < -0.4 is 21.5 Å².